The molecule has 4 rings (SSSR count). The van der Waals surface area contributed by atoms with Crippen molar-refractivity contribution in [3.05, 3.63) is 78.5 Å². The predicted octanol–water partition coefficient (Wildman–Crippen LogP) is 4.40. The van der Waals surface area contributed by atoms with Crippen molar-refractivity contribution in [3.8, 4) is 17.1 Å². The molecule has 0 saturated carbocycles. The molecule has 0 aliphatic carbocycles. The molecule has 0 fully saturated rings. The van der Waals surface area contributed by atoms with E-state index in [1.165, 1.54) is 0 Å². The lowest BCUT2D eigenvalue weighted by Crippen LogP contribution is -1.97. The van der Waals surface area contributed by atoms with Gasteiger partial charge in [0.15, 0.2) is 5.65 Å². The number of rotatable bonds is 2. The van der Waals surface area contributed by atoms with Crippen LogP contribution in [0.4, 0.5) is 0 Å². The zero-order valence-corrected chi connectivity index (χ0v) is 12.3. The molecule has 0 unspecified atom stereocenters. The average Bonchev–Trinajstić information content (AvgIpc) is 2.95. The van der Waals surface area contributed by atoms with Crippen molar-refractivity contribution < 1.29 is 0 Å². The molecule has 3 heteroatoms. The number of para-hydroxylation sites is 1. The third-order valence-corrected chi connectivity index (χ3v) is 3.69. The van der Waals surface area contributed by atoms with E-state index in [1.54, 1.807) is 0 Å². The summed E-state index contributed by atoms with van der Waals surface area (Å²) in [4.78, 5) is 9.23. The summed E-state index contributed by atoms with van der Waals surface area (Å²) in [6.45, 7) is 2.05. The Hall–Kier alpha value is -2.94. The highest BCUT2D eigenvalue weighted by molar-refractivity contribution is 5.80. The van der Waals surface area contributed by atoms with Crippen LogP contribution >= 0.6 is 0 Å². The number of aromatic nitrogens is 3. The fourth-order valence-corrected chi connectivity index (χ4v) is 2.68. The molecule has 0 spiro atoms. The summed E-state index contributed by atoms with van der Waals surface area (Å²) in [5.41, 5.74) is 5.11. The largest absolute Gasteiger partial charge is 0.291 e. The van der Waals surface area contributed by atoms with Gasteiger partial charge in [-0.2, -0.15) is 0 Å². The van der Waals surface area contributed by atoms with Crippen LogP contribution in [0.3, 0.4) is 0 Å². The zero-order chi connectivity index (χ0) is 14.9. The van der Waals surface area contributed by atoms with Crippen molar-refractivity contribution in [1.29, 1.82) is 0 Å². The molecular weight excluding hydrogens is 270 g/mol. The number of benzene rings is 2. The molecule has 0 saturated heterocycles. The molecule has 0 bridgehead atoms. The van der Waals surface area contributed by atoms with Crippen molar-refractivity contribution in [2.45, 2.75) is 6.92 Å². The summed E-state index contributed by atoms with van der Waals surface area (Å²) in [5, 5.41) is 0. The molecule has 0 aliphatic heterocycles. The van der Waals surface area contributed by atoms with E-state index in [4.69, 9.17) is 4.98 Å². The molecule has 106 valence electrons. The van der Waals surface area contributed by atoms with E-state index in [0.717, 1.165) is 33.8 Å². The Balaban J connectivity index is 2.08. The smallest absolute Gasteiger partial charge is 0.178 e. The van der Waals surface area contributed by atoms with Gasteiger partial charge in [0.1, 0.15) is 5.82 Å². The molecule has 4 aromatic rings. The minimum Gasteiger partial charge on any atom is -0.291 e. The van der Waals surface area contributed by atoms with E-state index in [1.807, 2.05) is 42.6 Å². The Kier molecular flexibility index (Phi) is 2.97. The monoisotopic (exact) mass is 285 g/mol. The highest BCUT2D eigenvalue weighted by atomic mass is 15.1. The first kappa shape index (κ1) is 12.8. The molecule has 22 heavy (non-hydrogen) atoms. The standard InChI is InChI=1S/C19H15N3/c1-14-12-17-18(20-13-14)21-19(15-8-4-2-5-9-15)22(17)16-10-6-3-7-11-16/h2-13H,1H3. The lowest BCUT2D eigenvalue weighted by atomic mass is 10.2. The Bertz CT molecular complexity index is 925. The summed E-state index contributed by atoms with van der Waals surface area (Å²) in [7, 11) is 0. The van der Waals surface area contributed by atoms with Gasteiger partial charge < -0.3 is 0 Å². The molecular formula is C19H15N3. The molecule has 2 aromatic heterocycles. The molecule has 0 N–H and O–H groups in total. The van der Waals surface area contributed by atoms with E-state index < -0.39 is 0 Å². The summed E-state index contributed by atoms with van der Waals surface area (Å²) < 4.78 is 2.17. The van der Waals surface area contributed by atoms with Crippen LogP contribution < -0.4 is 0 Å². The van der Waals surface area contributed by atoms with Crippen molar-refractivity contribution in [2.75, 3.05) is 0 Å². The summed E-state index contributed by atoms with van der Waals surface area (Å²) in [6.07, 6.45) is 1.86. The third-order valence-electron chi connectivity index (χ3n) is 3.69. The molecule has 0 atom stereocenters. The molecule has 0 aliphatic rings. The maximum Gasteiger partial charge on any atom is 0.178 e. The molecule has 3 nitrogen and oxygen atoms in total. The lowest BCUT2D eigenvalue weighted by molar-refractivity contribution is 1.10. The number of hydrogen-bond acceptors (Lipinski definition) is 2. The van der Waals surface area contributed by atoms with Crippen molar-refractivity contribution in [3.63, 3.8) is 0 Å². The van der Waals surface area contributed by atoms with Gasteiger partial charge in [-0.05, 0) is 30.7 Å². The normalized spacial score (nSPS) is 11.0. The summed E-state index contributed by atoms with van der Waals surface area (Å²) in [6, 6.07) is 22.7. The van der Waals surface area contributed by atoms with E-state index in [-0.39, 0.29) is 0 Å². The predicted molar refractivity (Wildman–Crippen MR) is 89.0 cm³/mol. The fourth-order valence-electron chi connectivity index (χ4n) is 2.68. The third kappa shape index (κ3) is 2.07. The van der Waals surface area contributed by atoms with Crippen LogP contribution in [0.2, 0.25) is 0 Å². The minimum atomic E-state index is 0.772. The lowest BCUT2D eigenvalue weighted by Gasteiger charge is -2.09. The van der Waals surface area contributed by atoms with Gasteiger partial charge in [0, 0.05) is 17.4 Å². The van der Waals surface area contributed by atoms with Crippen molar-refractivity contribution >= 4 is 11.2 Å². The second-order valence-corrected chi connectivity index (χ2v) is 5.33. The van der Waals surface area contributed by atoms with Crippen LogP contribution in [-0.2, 0) is 0 Å². The number of fused-ring (bicyclic) bond motifs is 1. The number of aryl methyl sites for hydroxylation is 1. The van der Waals surface area contributed by atoms with Gasteiger partial charge >= 0.3 is 0 Å². The summed E-state index contributed by atoms with van der Waals surface area (Å²) >= 11 is 0. The average molecular weight is 285 g/mol. The van der Waals surface area contributed by atoms with Crippen LogP contribution in [0.1, 0.15) is 5.56 Å². The molecule has 0 radical (unpaired) electrons. The first-order valence-corrected chi connectivity index (χ1v) is 7.29. The van der Waals surface area contributed by atoms with E-state index in [0.29, 0.717) is 0 Å². The highest BCUT2D eigenvalue weighted by Gasteiger charge is 2.14. The Labute approximate surface area is 128 Å². The van der Waals surface area contributed by atoms with E-state index in [2.05, 4.69) is 46.8 Å². The Morgan fingerprint density at radius 2 is 1.55 bits per heavy atom. The Morgan fingerprint density at radius 3 is 2.27 bits per heavy atom. The number of nitrogens with zero attached hydrogens (tertiary/aromatic N) is 3. The molecule has 0 amide bonds. The van der Waals surface area contributed by atoms with E-state index in [9.17, 15) is 0 Å². The van der Waals surface area contributed by atoms with Gasteiger partial charge in [-0.3, -0.25) is 4.57 Å². The second kappa shape index (κ2) is 5.11. The topological polar surface area (TPSA) is 30.7 Å². The van der Waals surface area contributed by atoms with Gasteiger partial charge in [-0.25, -0.2) is 9.97 Å². The number of pyridine rings is 1. The zero-order valence-electron chi connectivity index (χ0n) is 12.3. The van der Waals surface area contributed by atoms with Gasteiger partial charge in [0.05, 0.1) is 5.52 Å². The maximum absolute atomic E-state index is 4.75. The first-order valence-electron chi connectivity index (χ1n) is 7.29. The van der Waals surface area contributed by atoms with Crippen molar-refractivity contribution in [1.82, 2.24) is 14.5 Å². The minimum absolute atomic E-state index is 0.772. The van der Waals surface area contributed by atoms with E-state index >= 15 is 0 Å². The fraction of sp³-hybridized carbons (Fsp3) is 0.0526. The van der Waals surface area contributed by atoms with Crippen LogP contribution in [0, 0.1) is 6.92 Å². The number of imidazole rings is 1. The Morgan fingerprint density at radius 1 is 0.864 bits per heavy atom. The van der Waals surface area contributed by atoms with Gasteiger partial charge in [0.2, 0.25) is 0 Å². The van der Waals surface area contributed by atoms with Crippen LogP contribution in [-0.4, -0.2) is 14.5 Å². The SMILES string of the molecule is Cc1cnc2nc(-c3ccccc3)n(-c3ccccc3)c2c1. The van der Waals surface area contributed by atoms with Gasteiger partial charge in [-0.15, -0.1) is 0 Å². The van der Waals surface area contributed by atoms with Crippen LogP contribution in [0.5, 0.6) is 0 Å². The number of hydrogen-bond donors (Lipinski definition) is 0. The van der Waals surface area contributed by atoms with Crippen LogP contribution in [0.15, 0.2) is 72.9 Å². The van der Waals surface area contributed by atoms with Gasteiger partial charge in [0.25, 0.3) is 0 Å². The molecule has 2 aromatic carbocycles. The van der Waals surface area contributed by atoms with Crippen molar-refractivity contribution in [2.24, 2.45) is 0 Å². The van der Waals surface area contributed by atoms with Crippen LogP contribution in [0.25, 0.3) is 28.2 Å². The second-order valence-electron chi connectivity index (χ2n) is 5.33. The highest BCUT2D eigenvalue weighted by Crippen LogP contribution is 2.27. The molecule has 2 heterocycles. The maximum atomic E-state index is 4.75. The first-order chi connectivity index (χ1) is 10.8. The summed E-state index contributed by atoms with van der Waals surface area (Å²) in [5.74, 6) is 0.917. The van der Waals surface area contributed by atoms with Gasteiger partial charge in [-0.1, -0.05) is 48.5 Å². The quantitative estimate of drug-likeness (QED) is 0.546.